The molecule has 1 spiro atoms. The fraction of sp³-hybridized carbons (Fsp3) is 1.00. The first-order valence-corrected chi connectivity index (χ1v) is 4.76. The molecule has 0 aromatic heterocycles. The molecule has 3 aliphatic rings. The fourth-order valence-corrected chi connectivity index (χ4v) is 3.25. The minimum Gasteiger partial charge on any atom is -0.381 e. The van der Waals surface area contributed by atoms with Crippen LogP contribution in [0.25, 0.3) is 0 Å². The van der Waals surface area contributed by atoms with Crippen molar-refractivity contribution in [1.82, 2.24) is 0 Å². The molecule has 0 aromatic carbocycles. The maximum Gasteiger partial charge on any atom is 0.0640 e. The first-order chi connectivity index (χ1) is 5.23. The van der Waals surface area contributed by atoms with Gasteiger partial charge in [-0.15, -0.1) is 0 Å². The fourth-order valence-electron chi connectivity index (χ4n) is 3.25. The van der Waals surface area contributed by atoms with E-state index in [2.05, 4.69) is 6.92 Å². The zero-order valence-corrected chi connectivity index (χ0v) is 7.39. The van der Waals surface area contributed by atoms with Crippen LogP contribution in [0.3, 0.4) is 0 Å². The lowest BCUT2D eigenvalue weighted by molar-refractivity contribution is 0.155. The van der Waals surface area contributed by atoms with E-state index < -0.39 is 0 Å². The summed E-state index contributed by atoms with van der Waals surface area (Å²) in [6.07, 6.45) is 6.44. The zero-order chi connectivity index (χ0) is 7.69. The topological polar surface area (TPSA) is 9.23 Å². The van der Waals surface area contributed by atoms with Crippen molar-refractivity contribution >= 4 is 0 Å². The molecule has 0 N–H and O–H groups in total. The molecule has 11 heavy (non-hydrogen) atoms. The van der Waals surface area contributed by atoms with Gasteiger partial charge in [0, 0.05) is 12.5 Å². The lowest BCUT2D eigenvalue weighted by Crippen LogP contribution is -2.04. The predicted molar refractivity (Wildman–Crippen MR) is 43.3 cm³/mol. The Morgan fingerprint density at radius 3 is 2.55 bits per heavy atom. The van der Waals surface area contributed by atoms with Crippen LogP contribution < -0.4 is 0 Å². The van der Waals surface area contributed by atoms with Crippen LogP contribution in [-0.4, -0.2) is 13.2 Å². The average molecular weight is 152 g/mol. The Labute approximate surface area is 68.1 Å². The number of methoxy groups -OCH3 is 1. The minimum absolute atomic E-state index is 0.632. The SMILES string of the molecule is COC1C[C@]12CC2(C)C1CC1. The molecule has 0 bridgehead atoms. The van der Waals surface area contributed by atoms with Crippen molar-refractivity contribution in [3.8, 4) is 0 Å². The molecule has 1 heteroatoms. The first kappa shape index (κ1) is 6.47. The van der Waals surface area contributed by atoms with Crippen molar-refractivity contribution in [2.75, 3.05) is 7.11 Å². The molecule has 0 saturated heterocycles. The Morgan fingerprint density at radius 1 is 1.36 bits per heavy atom. The van der Waals surface area contributed by atoms with Gasteiger partial charge in [0.1, 0.15) is 0 Å². The summed E-state index contributed by atoms with van der Waals surface area (Å²) in [5, 5.41) is 0. The van der Waals surface area contributed by atoms with Gasteiger partial charge in [-0.25, -0.2) is 0 Å². The smallest absolute Gasteiger partial charge is 0.0640 e. The second-order valence-electron chi connectivity index (χ2n) is 4.95. The highest BCUT2D eigenvalue weighted by Gasteiger charge is 2.80. The van der Waals surface area contributed by atoms with Gasteiger partial charge in [-0.3, -0.25) is 0 Å². The summed E-state index contributed by atoms with van der Waals surface area (Å²) < 4.78 is 5.41. The summed E-state index contributed by atoms with van der Waals surface area (Å²) >= 11 is 0. The van der Waals surface area contributed by atoms with E-state index in [0.717, 1.165) is 5.92 Å². The Balaban J connectivity index is 1.77. The van der Waals surface area contributed by atoms with E-state index in [1.54, 1.807) is 0 Å². The largest absolute Gasteiger partial charge is 0.381 e. The molecule has 1 nitrogen and oxygen atoms in total. The van der Waals surface area contributed by atoms with Crippen LogP contribution in [0.2, 0.25) is 0 Å². The van der Waals surface area contributed by atoms with Crippen molar-refractivity contribution in [2.24, 2.45) is 16.7 Å². The standard InChI is InChI=1S/C10H16O/c1-9(7-3-4-7)6-10(9)5-8(10)11-2/h7-8H,3-6H2,1-2H3/t8?,9?,10-/m0/s1. The van der Waals surface area contributed by atoms with Crippen molar-refractivity contribution < 1.29 is 4.74 Å². The highest BCUT2D eigenvalue weighted by Crippen LogP contribution is 2.84. The van der Waals surface area contributed by atoms with Crippen LogP contribution in [0.1, 0.15) is 32.6 Å². The normalized spacial score (nSPS) is 60.0. The summed E-state index contributed by atoms with van der Waals surface area (Å²) in [6.45, 7) is 2.48. The van der Waals surface area contributed by atoms with Gasteiger partial charge in [0.15, 0.2) is 0 Å². The van der Waals surface area contributed by atoms with E-state index in [4.69, 9.17) is 4.74 Å². The average Bonchev–Trinajstić information content (AvgIpc) is 2.83. The molecular weight excluding hydrogens is 136 g/mol. The third kappa shape index (κ3) is 0.581. The van der Waals surface area contributed by atoms with E-state index in [1.165, 1.54) is 25.7 Å². The van der Waals surface area contributed by atoms with Gasteiger partial charge < -0.3 is 4.74 Å². The molecule has 3 rings (SSSR count). The van der Waals surface area contributed by atoms with Gasteiger partial charge in [-0.05, 0) is 37.0 Å². The van der Waals surface area contributed by atoms with Gasteiger partial charge in [0.2, 0.25) is 0 Å². The zero-order valence-electron chi connectivity index (χ0n) is 7.39. The Kier molecular flexibility index (Phi) is 0.893. The Morgan fingerprint density at radius 2 is 2.09 bits per heavy atom. The summed E-state index contributed by atoms with van der Waals surface area (Å²) in [6, 6.07) is 0. The summed E-state index contributed by atoms with van der Waals surface area (Å²) in [7, 11) is 1.87. The summed E-state index contributed by atoms with van der Waals surface area (Å²) in [4.78, 5) is 0. The van der Waals surface area contributed by atoms with Gasteiger partial charge in [-0.1, -0.05) is 6.92 Å². The van der Waals surface area contributed by atoms with E-state index in [-0.39, 0.29) is 0 Å². The van der Waals surface area contributed by atoms with Crippen LogP contribution in [-0.2, 0) is 4.74 Å². The maximum atomic E-state index is 5.41. The molecule has 3 atom stereocenters. The predicted octanol–water partition coefficient (Wildman–Crippen LogP) is 2.21. The molecule has 0 aromatic rings. The van der Waals surface area contributed by atoms with Gasteiger partial charge in [0.25, 0.3) is 0 Å². The Bertz CT molecular complexity index is 209. The van der Waals surface area contributed by atoms with Crippen molar-refractivity contribution in [3.63, 3.8) is 0 Å². The third-order valence-electron chi connectivity index (χ3n) is 4.46. The van der Waals surface area contributed by atoms with Crippen molar-refractivity contribution in [1.29, 1.82) is 0 Å². The van der Waals surface area contributed by atoms with E-state index in [0.29, 0.717) is 16.9 Å². The molecule has 0 aliphatic heterocycles. The number of ether oxygens (including phenoxy) is 1. The van der Waals surface area contributed by atoms with E-state index in [1.807, 2.05) is 7.11 Å². The monoisotopic (exact) mass is 152 g/mol. The highest BCUT2D eigenvalue weighted by atomic mass is 16.5. The van der Waals surface area contributed by atoms with Gasteiger partial charge in [-0.2, -0.15) is 0 Å². The summed E-state index contributed by atoms with van der Waals surface area (Å²) in [5.74, 6) is 1.07. The molecule has 3 aliphatic carbocycles. The van der Waals surface area contributed by atoms with Crippen LogP contribution in [0.15, 0.2) is 0 Å². The molecule has 3 fully saturated rings. The van der Waals surface area contributed by atoms with E-state index >= 15 is 0 Å². The van der Waals surface area contributed by atoms with Crippen LogP contribution in [0, 0.1) is 16.7 Å². The lowest BCUT2D eigenvalue weighted by Gasteiger charge is -2.07. The maximum absolute atomic E-state index is 5.41. The minimum atomic E-state index is 0.632. The van der Waals surface area contributed by atoms with Crippen LogP contribution >= 0.6 is 0 Å². The third-order valence-corrected chi connectivity index (χ3v) is 4.46. The van der Waals surface area contributed by atoms with Crippen LogP contribution in [0.5, 0.6) is 0 Å². The molecule has 2 unspecified atom stereocenters. The van der Waals surface area contributed by atoms with Crippen LogP contribution in [0.4, 0.5) is 0 Å². The second-order valence-corrected chi connectivity index (χ2v) is 4.95. The highest BCUT2D eigenvalue weighted by molar-refractivity contribution is 5.29. The first-order valence-electron chi connectivity index (χ1n) is 4.76. The summed E-state index contributed by atoms with van der Waals surface area (Å²) in [5.41, 5.74) is 1.40. The van der Waals surface area contributed by atoms with E-state index in [9.17, 15) is 0 Å². The lowest BCUT2D eigenvalue weighted by atomic mass is 9.99. The number of hydrogen-bond acceptors (Lipinski definition) is 1. The number of rotatable bonds is 2. The number of hydrogen-bond donors (Lipinski definition) is 0. The Hall–Kier alpha value is -0.0400. The van der Waals surface area contributed by atoms with Crippen molar-refractivity contribution in [2.45, 2.75) is 38.7 Å². The molecule has 62 valence electrons. The van der Waals surface area contributed by atoms with Crippen molar-refractivity contribution in [3.05, 3.63) is 0 Å². The molecule has 0 heterocycles. The molecule has 0 radical (unpaired) electrons. The molecule has 0 amide bonds. The molecular formula is C10H16O. The van der Waals surface area contributed by atoms with Gasteiger partial charge >= 0.3 is 0 Å². The second kappa shape index (κ2) is 1.52. The molecule has 3 saturated carbocycles. The van der Waals surface area contributed by atoms with Gasteiger partial charge in [0.05, 0.1) is 6.10 Å². The quantitative estimate of drug-likeness (QED) is 0.589.